The topological polar surface area (TPSA) is 29.3 Å². The summed E-state index contributed by atoms with van der Waals surface area (Å²) in [4.78, 5) is 2.53. The van der Waals surface area contributed by atoms with Crippen LogP contribution in [-0.4, -0.2) is 23.5 Å². The van der Waals surface area contributed by atoms with Gasteiger partial charge in [-0.05, 0) is 17.5 Å². The highest BCUT2D eigenvalue weighted by Crippen LogP contribution is 2.37. The third-order valence-corrected chi connectivity index (χ3v) is 4.63. The summed E-state index contributed by atoms with van der Waals surface area (Å²) in [6.45, 7) is 4.30. The molecule has 1 saturated heterocycles. The molecular formula is C19H24N2. The van der Waals surface area contributed by atoms with Gasteiger partial charge in [-0.25, -0.2) is 0 Å². The molecule has 2 nitrogen and oxygen atoms in total. The van der Waals surface area contributed by atoms with Crippen LogP contribution in [0.1, 0.15) is 30.4 Å². The van der Waals surface area contributed by atoms with Crippen LogP contribution in [0.2, 0.25) is 0 Å². The van der Waals surface area contributed by atoms with Gasteiger partial charge >= 0.3 is 0 Å². The van der Waals surface area contributed by atoms with E-state index in [1.165, 1.54) is 11.1 Å². The molecule has 0 saturated carbocycles. The molecule has 2 aromatic rings. The quantitative estimate of drug-likeness (QED) is 0.909. The first kappa shape index (κ1) is 14.3. The summed E-state index contributed by atoms with van der Waals surface area (Å²) < 4.78 is 0. The minimum atomic E-state index is 0.243. The average molecular weight is 280 g/mol. The van der Waals surface area contributed by atoms with Crippen molar-refractivity contribution in [2.75, 3.05) is 6.54 Å². The van der Waals surface area contributed by atoms with Crippen molar-refractivity contribution in [2.45, 2.75) is 37.9 Å². The van der Waals surface area contributed by atoms with Crippen LogP contribution >= 0.6 is 0 Å². The van der Waals surface area contributed by atoms with Crippen LogP contribution < -0.4 is 5.73 Å². The molecule has 1 aliphatic heterocycles. The molecule has 1 heterocycles. The number of benzene rings is 2. The second kappa shape index (κ2) is 6.42. The number of nitrogens with zero attached hydrogens (tertiary/aromatic N) is 1. The maximum atomic E-state index is 6.41. The molecule has 2 aromatic carbocycles. The normalized spacial score (nSPS) is 23.5. The maximum absolute atomic E-state index is 6.41. The lowest BCUT2D eigenvalue weighted by Crippen LogP contribution is -2.61. The fourth-order valence-electron chi connectivity index (χ4n) is 3.40. The lowest BCUT2D eigenvalue weighted by atomic mass is 9.78. The van der Waals surface area contributed by atoms with E-state index in [9.17, 15) is 0 Å². The summed E-state index contributed by atoms with van der Waals surface area (Å²) in [5.74, 6) is 0.574. The molecule has 0 aromatic heterocycles. The van der Waals surface area contributed by atoms with Crippen molar-refractivity contribution in [1.29, 1.82) is 0 Å². The molecule has 3 atom stereocenters. The summed E-state index contributed by atoms with van der Waals surface area (Å²) in [6.07, 6.45) is 1.03. The highest BCUT2D eigenvalue weighted by Gasteiger charge is 2.42. The summed E-state index contributed by atoms with van der Waals surface area (Å²) in [7, 11) is 0. The van der Waals surface area contributed by atoms with Crippen molar-refractivity contribution >= 4 is 0 Å². The minimum Gasteiger partial charge on any atom is -0.326 e. The molecule has 0 unspecified atom stereocenters. The zero-order chi connectivity index (χ0) is 14.7. The highest BCUT2D eigenvalue weighted by molar-refractivity contribution is 5.27. The Hall–Kier alpha value is -1.64. The first-order chi connectivity index (χ1) is 10.3. The SMILES string of the molecule is CC[C@@H](N)[C@@H]1[C@H](c2ccccc2)CN1Cc1ccccc1. The van der Waals surface area contributed by atoms with Gasteiger partial charge in [-0.15, -0.1) is 0 Å². The number of nitrogens with two attached hydrogens (primary N) is 1. The van der Waals surface area contributed by atoms with Gasteiger partial charge in [0.05, 0.1) is 0 Å². The first-order valence-corrected chi connectivity index (χ1v) is 7.88. The summed E-state index contributed by atoms with van der Waals surface area (Å²) in [6, 6.07) is 22.2. The van der Waals surface area contributed by atoms with Crippen molar-refractivity contribution in [3.05, 3.63) is 71.8 Å². The molecule has 0 bridgehead atoms. The Bertz CT molecular complexity index is 552. The van der Waals surface area contributed by atoms with Gasteiger partial charge < -0.3 is 5.73 Å². The third-order valence-electron chi connectivity index (χ3n) is 4.63. The molecule has 0 spiro atoms. The van der Waals surface area contributed by atoms with E-state index in [-0.39, 0.29) is 6.04 Å². The van der Waals surface area contributed by atoms with E-state index in [1.807, 2.05) is 0 Å². The van der Waals surface area contributed by atoms with E-state index in [2.05, 4.69) is 72.5 Å². The monoisotopic (exact) mass is 280 g/mol. The minimum absolute atomic E-state index is 0.243. The van der Waals surface area contributed by atoms with Crippen LogP contribution in [0, 0.1) is 0 Å². The summed E-state index contributed by atoms with van der Waals surface area (Å²) >= 11 is 0. The lowest BCUT2D eigenvalue weighted by Gasteiger charge is -2.51. The van der Waals surface area contributed by atoms with Crippen LogP contribution in [0.4, 0.5) is 0 Å². The Labute approximate surface area is 127 Å². The Balaban J connectivity index is 1.74. The summed E-state index contributed by atoms with van der Waals surface area (Å²) in [5.41, 5.74) is 9.21. The van der Waals surface area contributed by atoms with E-state index in [0.29, 0.717) is 12.0 Å². The van der Waals surface area contributed by atoms with E-state index in [1.54, 1.807) is 0 Å². The third kappa shape index (κ3) is 3.02. The number of hydrogen-bond acceptors (Lipinski definition) is 2. The van der Waals surface area contributed by atoms with Gasteiger partial charge in [-0.1, -0.05) is 67.6 Å². The Morgan fingerprint density at radius 3 is 2.29 bits per heavy atom. The van der Waals surface area contributed by atoms with Crippen LogP contribution in [0.5, 0.6) is 0 Å². The van der Waals surface area contributed by atoms with Crippen LogP contribution in [0.25, 0.3) is 0 Å². The van der Waals surface area contributed by atoms with E-state index < -0.39 is 0 Å². The van der Waals surface area contributed by atoms with Gasteiger partial charge in [0.1, 0.15) is 0 Å². The molecule has 1 aliphatic rings. The molecule has 2 heteroatoms. The second-order valence-electron chi connectivity index (χ2n) is 5.99. The maximum Gasteiger partial charge on any atom is 0.0331 e. The smallest absolute Gasteiger partial charge is 0.0331 e. The molecule has 0 amide bonds. The molecule has 3 rings (SSSR count). The molecule has 0 aliphatic carbocycles. The zero-order valence-corrected chi connectivity index (χ0v) is 12.7. The zero-order valence-electron chi connectivity index (χ0n) is 12.7. The van der Waals surface area contributed by atoms with Crippen molar-refractivity contribution in [3.63, 3.8) is 0 Å². The van der Waals surface area contributed by atoms with E-state index in [0.717, 1.165) is 19.5 Å². The number of likely N-dealkylation sites (tertiary alicyclic amines) is 1. The average Bonchev–Trinajstić information content (AvgIpc) is 2.52. The predicted octanol–water partition coefficient (Wildman–Crippen LogP) is 3.39. The lowest BCUT2D eigenvalue weighted by molar-refractivity contribution is 0.0319. The first-order valence-electron chi connectivity index (χ1n) is 7.88. The highest BCUT2D eigenvalue weighted by atomic mass is 15.2. The molecule has 21 heavy (non-hydrogen) atoms. The molecule has 110 valence electrons. The van der Waals surface area contributed by atoms with Gasteiger partial charge in [0.25, 0.3) is 0 Å². The fraction of sp³-hybridized carbons (Fsp3) is 0.368. The number of rotatable bonds is 5. The van der Waals surface area contributed by atoms with Crippen molar-refractivity contribution in [1.82, 2.24) is 4.90 Å². The van der Waals surface area contributed by atoms with Crippen LogP contribution in [-0.2, 0) is 6.54 Å². The van der Waals surface area contributed by atoms with E-state index in [4.69, 9.17) is 5.73 Å². The molecular weight excluding hydrogens is 256 g/mol. The van der Waals surface area contributed by atoms with Crippen molar-refractivity contribution < 1.29 is 0 Å². The Morgan fingerprint density at radius 1 is 1.05 bits per heavy atom. The van der Waals surface area contributed by atoms with Crippen LogP contribution in [0.3, 0.4) is 0 Å². The van der Waals surface area contributed by atoms with Crippen molar-refractivity contribution in [3.8, 4) is 0 Å². The Kier molecular flexibility index (Phi) is 4.37. The summed E-state index contributed by atoms with van der Waals surface area (Å²) in [5, 5.41) is 0. The van der Waals surface area contributed by atoms with Gasteiger partial charge in [0, 0.05) is 31.1 Å². The van der Waals surface area contributed by atoms with Gasteiger partial charge in [-0.3, -0.25) is 4.90 Å². The second-order valence-corrected chi connectivity index (χ2v) is 5.99. The Morgan fingerprint density at radius 2 is 1.67 bits per heavy atom. The van der Waals surface area contributed by atoms with Crippen LogP contribution in [0.15, 0.2) is 60.7 Å². The molecule has 2 N–H and O–H groups in total. The standard InChI is InChI=1S/C19H24N2/c1-2-18(20)19-17(16-11-7-4-8-12-16)14-21(19)13-15-9-5-3-6-10-15/h3-12,17-19H,2,13-14,20H2,1H3/t17-,18+,19-/m0/s1. The van der Waals surface area contributed by atoms with E-state index >= 15 is 0 Å². The fourth-order valence-corrected chi connectivity index (χ4v) is 3.40. The van der Waals surface area contributed by atoms with Gasteiger partial charge in [0.2, 0.25) is 0 Å². The van der Waals surface area contributed by atoms with Crippen molar-refractivity contribution in [2.24, 2.45) is 5.73 Å². The molecule has 0 radical (unpaired) electrons. The van der Waals surface area contributed by atoms with Gasteiger partial charge in [0.15, 0.2) is 0 Å². The number of hydrogen-bond donors (Lipinski definition) is 1. The van der Waals surface area contributed by atoms with Gasteiger partial charge in [-0.2, -0.15) is 0 Å². The largest absolute Gasteiger partial charge is 0.326 e. The predicted molar refractivity (Wildman–Crippen MR) is 88.1 cm³/mol. The molecule has 1 fully saturated rings.